The molecule has 0 radical (unpaired) electrons. The first kappa shape index (κ1) is 19.2. The summed E-state index contributed by atoms with van der Waals surface area (Å²) in [6.07, 6.45) is 0.0778. The average molecular weight is 387 g/mol. The fourth-order valence-corrected chi connectivity index (χ4v) is 2.93. The molecule has 1 aromatic rings. The summed E-state index contributed by atoms with van der Waals surface area (Å²) in [7, 11) is 1.37. The minimum Gasteiger partial charge on any atom is -0.456 e. The molecule has 5 amide bonds. The summed E-state index contributed by atoms with van der Waals surface area (Å²) in [6.45, 7) is -0.642. The molecule has 1 saturated heterocycles. The summed E-state index contributed by atoms with van der Waals surface area (Å²) in [5.41, 5.74) is 0.717. The monoisotopic (exact) mass is 387 g/mol. The number of carbonyl (C=O) groups excluding carboxylic acids is 6. The largest absolute Gasteiger partial charge is 0.456 e. The van der Waals surface area contributed by atoms with Gasteiger partial charge in [0.2, 0.25) is 11.8 Å². The van der Waals surface area contributed by atoms with E-state index in [2.05, 4.69) is 5.32 Å². The highest BCUT2D eigenvalue weighted by Crippen LogP contribution is 2.24. The maximum absolute atomic E-state index is 12.0. The number of hydrogen-bond acceptors (Lipinski definition) is 7. The van der Waals surface area contributed by atoms with Gasteiger partial charge in [-0.05, 0) is 18.2 Å². The number of ether oxygens (including phenoxy) is 1. The average Bonchev–Trinajstić information content (AvgIpc) is 3.10. The molecular weight excluding hydrogens is 370 g/mol. The Kier molecular flexibility index (Phi) is 5.21. The molecule has 0 bridgehead atoms. The van der Waals surface area contributed by atoms with Crippen molar-refractivity contribution in [3.8, 4) is 0 Å². The second kappa shape index (κ2) is 7.59. The fourth-order valence-electron chi connectivity index (χ4n) is 2.93. The molecule has 1 N–H and O–H groups in total. The number of anilines is 1. The minimum atomic E-state index is -0.723. The van der Waals surface area contributed by atoms with Crippen molar-refractivity contribution in [2.45, 2.75) is 19.3 Å². The minimum absolute atomic E-state index is 0.0768. The number of hydrogen-bond donors (Lipinski definition) is 1. The fraction of sp³-hybridized carbons (Fsp3) is 0.333. The molecular formula is C18H17N3O7. The summed E-state index contributed by atoms with van der Waals surface area (Å²) in [4.78, 5) is 72.3. The predicted octanol–water partition coefficient (Wildman–Crippen LogP) is -0.0668. The van der Waals surface area contributed by atoms with Gasteiger partial charge in [0, 0.05) is 32.1 Å². The van der Waals surface area contributed by atoms with Crippen molar-refractivity contribution in [1.29, 1.82) is 0 Å². The summed E-state index contributed by atoms with van der Waals surface area (Å²) in [5, 5.41) is 2.47. The molecule has 1 aromatic carbocycles. The summed E-state index contributed by atoms with van der Waals surface area (Å²) >= 11 is 0. The van der Waals surface area contributed by atoms with E-state index in [9.17, 15) is 28.8 Å². The first-order valence-corrected chi connectivity index (χ1v) is 8.53. The Morgan fingerprint density at radius 1 is 1.04 bits per heavy atom. The van der Waals surface area contributed by atoms with Gasteiger partial charge in [-0.1, -0.05) is 0 Å². The molecule has 0 aliphatic carbocycles. The van der Waals surface area contributed by atoms with Crippen LogP contribution in [0, 0.1) is 0 Å². The lowest BCUT2D eigenvalue weighted by molar-refractivity contribution is -0.148. The van der Waals surface area contributed by atoms with Crippen LogP contribution in [-0.4, -0.2) is 65.5 Å². The number of benzene rings is 1. The van der Waals surface area contributed by atoms with Gasteiger partial charge in [-0.2, -0.15) is 0 Å². The van der Waals surface area contributed by atoms with Gasteiger partial charge in [0.1, 0.15) is 0 Å². The molecule has 3 rings (SSSR count). The molecule has 0 unspecified atom stereocenters. The van der Waals surface area contributed by atoms with Crippen LogP contribution in [0.2, 0.25) is 0 Å². The lowest BCUT2D eigenvalue weighted by Crippen LogP contribution is -2.32. The van der Waals surface area contributed by atoms with Crippen molar-refractivity contribution >= 4 is 41.2 Å². The number of amides is 5. The Balaban J connectivity index is 1.48. The highest BCUT2D eigenvalue weighted by molar-refractivity contribution is 6.21. The van der Waals surface area contributed by atoms with Crippen LogP contribution in [-0.2, 0) is 23.9 Å². The second-order valence-electron chi connectivity index (χ2n) is 6.33. The number of likely N-dealkylation sites (tertiary alicyclic amines) is 1. The predicted molar refractivity (Wildman–Crippen MR) is 93.0 cm³/mol. The number of esters is 1. The molecule has 0 saturated carbocycles. The lowest BCUT2D eigenvalue weighted by Gasteiger charge is -2.13. The highest BCUT2D eigenvalue weighted by atomic mass is 16.5. The van der Waals surface area contributed by atoms with Gasteiger partial charge in [0.25, 0.3) is 17.7 Å². The van der Waals surface area contributed by atoms with E-state index in [0.29, 0.717) is 0 Å². The smallest absolute Gasteiger partial charge is 0.308 e. The van der Waals surface area contributed by atoms with Crippen LogP contribution < -0.4 is 5.32 Å². The van der Waals surface area contributed by atoms with Crippen molar-refractivity contribution in [3.63, 3.8) is 0 Å². The van der Waals surface area contributed by atoms with Crippen molar-refractivity contribution in [2.24, 2.45) is 0 Å². The van der Waals surface area contributed by atoms with Crippen LogP contribution in [0.3, 0.4) is 0 Å². The maximum atomic E-state index is 12.0. The SMILES string of the molecule is CN1C(=O)c2ccc(NC(=O)COC(=O)CCN3C(=O)CCC3=O)cc2C1=O. The zero-order chi connectivity index (χ0) is 20.4. The van der Waals surface area contributed by atoms with Crippen LogP contribution in [0.5, 0.6) is 0 Å². The zero-order valence-corrected chi connectivity index (χ0v) is 15.0. The van der Waals surface area contributed by atoms with E-state index in [0.717, 1.165) is 9.80 Å². The molecule has 2 aliphatic rings. The third-order valence-corrected chi connectivity index (χ3v) is 4.43. The highest BCUT2D eigenvalue weighted by Gasteiger charge is 2.33. The Bertz CT molecular complexity index is 892. The van der Waals surface area contributed by atoms with Gasteiger partial charge < -0.3 is 10.1 Å². The molecule has 10 nitrogen and oxygen atoms in total. The van der Waals surface area contributed by atoms with Crippen LogP contribution >= 0.6 is 0 Å². The Morgan fingerprint density at radius 2 is 1.68 bits per heavy atom. The Hall–Kier alpha value is -3.56. The number of carbonyl (C=O) groups is 6. The third-order valence-electron chi connectivity index (χ3n) is 4.43. The number of imide groups is 2. The number of nitrogens with one attached hydrogen (secondary N) is 1. The van der Waals surface area contributed by atoms with E-state index >= 15 is 0 Å². The van der Waals surface area contributed by atoms with Gasteiger partial charge in [0.05, 0.1) is 17.5 Å². The van der Waals surface area contributed by atoms with Crippen LogP contribution in [0.25, 0.3) is 0 Å². The molecule has 0 atom stereocenters. The second-order valence-corrected chi connectivity index (χ2v) is 6.33. The van der Waals surface area contributed by atoms with Gasteiger partial charge in [-0.15, -0.1) is 0 Å². The zero-order valence-electron chi connectivity index (χ0n) is 15.0. The van der Waals surface area contributed by atoms with Gasteiger partial charge in [-0.25, -0.2) is 0 Å². The maximum Gasteiger partial charge on any atom is 0.308 e. The molecule has 146 valence electrons. The standard InChI is InChI=1S/C18H17N3O7/c1-20-17(26)11-3-2-10(8-12(11)18(20)27)19-13(22)9-28-16(25)6-7-21-14(23)4-5-15(21)24/h2-3,8H,4-7,9H2,1H3,(H,19,22). The van der Waals surface area contributed by atoms with E-state index in [1.54, 1.807) is 0 Å². The van der Waals surface area contributed by atoms with E-state index < -0.39 is 30.3 Å². The first-order chi connectivity index (χ1) is 13.3. The molecule has 2 aliphatic heterocycles. The van der Waals surface area contributed by atoms with Crippen LogP contribution in [0.15, 0.2) is 18.2 Å². The number of rotatable bonds is 6. The quantitative estimate of drug-likeness (QED) is 0.534. The normalized spacial score (nSPS) is 15.9. The molecule has 0 aromatic heterocycles. The van der Waals surface area contributed by atoms with Crippen LogP contribution in [0.4, 0.5) is 5.69 Å². The number of fused-ring (bicyclic) bond motifs is 1. The van der Waals surface area contributed by atoms with E-state index in [-0.39, 0.29) is 54.4 Å². The molecule has 1 fully saturated rings. The van der Waals surface area contributed by atoms with Crippen molar-refractivity contribution in [1.82, 2.24) is 9.80 Å². The van der Waals surface area contributed by atoms with E-state index in [1.165, 1.54) is 25.2 Å². The van der Waals surface area contributed by atoms with Gasteiger partial charge in [-0.3, -0.25) is 38.6 Å². The Morgan fingerprint density at radius 3 is 2.36 bits per heavy atom. The van der Waals surface area contributed by atoms with E-state index in [1.807, 2.05) is 0 Å². The number of nitrogens with zero attached hydrogens (tertiary/aromatic N) is 2. The van der Waals surface area contributed by atoms with Crippen molar-refractivity contribution in [2.75, 3.05) is 25.5 Å². The lowest BCUT2D eigenvalue weighted by atomic mass is 10.1. The van der Waals surface area contributed by atoms with Gasteiger partial charge >= 0.3 is 5.97 Å². The Labute approximate surface area is 159 Å². The summed E-state index contributed by atoms with van der Waals surface area (Å²) in [5.74, 6) is -2.89. The topological polar surface area (TPSA) is 130 Å². The van der Waals surface area contributed by atoms with Crippen molar-refractivity contribution < 1.29 is 33.5 Å². The molecule has 2 heterocycles. The summed E-state index contributed by atoms with van der Waals surface area (Å²) < 4.78 is 4.82. The van der Waals surface area contributed by atoms with Crippen LogP contribution in [0.1, 0.15) is 40.0 Å². The first-order valence-electron chi connectivity index (χ1n) is 8.53. The molecule has 10 heteroatoms. The van der Waals surface area contributed by atoms with Crippen molar-refractivity contribution in [3.05, 3.63) is 29.3 Å². The van der Waals surface area contributed by atoms with E-state index in [4.69, 9.17) is 4.74 Å². The summed E-state index contributed by atoms with van der Waals surface area (Å²) in [6, 6.07) is 4.28. The molecule has 28 heavy (non-hydrogen) atoms. The molecule has 0 spiro atoms. The van der Waals surface area contributed by atoms with Gasteiger partial charge in [0.15, 0.2) is 6.61 Å². The third kappa shape index (κ3) is 3.75.